The lowest BCUT2D eigenvalue weighted by Crippen LogP contribution is -1.99. The van der Waals surface area contributed by atoms with Crippen molar-refractivity contribution in [1.82, 2.24) is 4.98 Å². The van der Waals surface area contributed by atoms with Crippen LogP contribution in [0.5, 0.6) is 0 Å². The van der Waals surface area contributed by atoms with E-state index < -0.39 is 0 Å². The Morgan fingerprint density at radius 3 is 2.04 bits per heavy atom. The van der Waals surface area contributed by atoms with Crippen LogP contribution in [0.2, 0.25) is 0 Å². The quantitative estimate of drug-likeness (QED) is 0.0710. The van der Waals surface area contributed by atoms with E-state index >= 15 is 0 Å². The van der Waals surface area contributed by atoms with Crippen molar-refractivity contribution in [2.45, 2.75) is 6.92 Å². The van der Waals surface area contributed by atoms with Crippen molar-refractivity contribution in [2.24, 2.45) is 9.98 Å². The number of hydrogen-bond acceptors (Lipinski definition) is 2. The van der Waals surface area contributed by atoms with Crippen LogP contribution in [0.25, 0.3) is 29.0 Å². The smallest absolute Gasteiger partial charge is 0.159 e. The fraction of sp³-hybridized carbons (Fsp3) is 0.0208. The first kappa shape index (κ1) is 37.1. The second-order valence-electron chi connectivity index (χ2n) is 11.3. The van der Waals surface area contributed by atoms with Gasteiger partial charge in [-0.3, -0.25) is 4.98 Å². The molecule has 0 aliphatic heterocycles. The van der Waals surface area contributed by atoms with Crippen molar-refractivity contribution in [1.29, 1.82) is 0 Å². The molecular weight excluding hydrogens is 619 g/mol. The second kappa shape index (κ2) is 20.0. The van der Waals surface area contributed by atoms with Crippen LogP contribution in [0.1, 0.15) is 29.2 Å². The maximum Gasteiger partial charge on any atom is 0.159 e. The Morgan fingerprint density at radius 1 is 0.667 bits per heavy atom. The summed E-state index contributed by atoms with van der Waals surface area (Å²) in [5.74, 6) is 0.519. The molecule has 0 atom stereocenters. The molecule has 4 aromatic rings. The topological polar surface area (TPSA) is 37.6 Å². The normalized spacial score (nSPS) is 13.0. The standard InChI is InChI=1S/C48H43N3/c1-7-19-41(42(20-8-2)32-30-39-22-11-10-12-23-39)26-18-35-50-48(51-38(6)37(4)5)44-25-17-24-40(36-44)31-33-43(21-9-3)45-27-13-14-28-46(45)47-29-15-16-34-49-47/h7-36H,1-4,6H2,5H3/b26-18+,32-30+,33-31+,41-19+,42-20+,43-21+,50-35?,51-48?. The lowest BCUT2D eigenvalue weighted by atomic mass is 9.96. The van der Waals surface area contributed by atoms with Crippen molar-refractivity contribution in [3.05, 3.63) is 242 Å². The first-order valence-electron chi connectivity index (χ1n) is 16.6. The van der Waals surface area contributed by atoms with Gasteiger partial charge in [0.1, 0.15) is 0 Å². The number of amidine groups is 1. The predicted molar refractivity (Wildman–Crippen MR) is 223 cm³/mol. The van der Waals surface area contributed by atoms with Crippen LogP contribution in [0.3, 0.4) is 0 Å². The number of allylic oxidation sites excluding steroid dienone is 14. The average Bonchev–Trinajstić information content (AvgIpc) is 3.16. The van der Waals surface area contributed by atoms with Crippen LogP contribution in [0.15, 0.2) is 229 Å². The van der Waals surface area contributed by atoms with Gasteiger partial charge in [-0.2, -0.15) is 0 Å². The molecule has 1 aromatic heterocycles. The Labute approximate surface area is 303 Å². The molecule has 0 fully saturated rings. The van der Waals surface area contributed by atoms with Crippen molar-refractivity contribution < 1.29 is 0 Å². The number of aromatic nitrogens is 1. The highest BCUT2D eigenvalue weighted by atomic mass is 14.9. The summed E-state index contributed by atoms with van der Waals surface area (Å²) in [4.78, 5) is 14.1. The molecule has 0 spiro atoms. The Hall–Kier alpha value is -6.71. The van der Waals surface area contributed by atoms with Gasteiger partial charge in [-0.25, -0.2) is 9.98 Å². The molecule has 3 nitrogen and oxygen atoms in total. The highest BCUT2D eigenvalue weighted by molar-refractivity contribution is 6.05. The third-order valence-corrected chi connectivity index (χ3v) is 7.55. The van der Waals surface area contributed by atoms with Gasteiger partial charge in [0.25, 0.3) is 0 Å². The third-order valence-electron chi connectivity index (χ3n) is 7.55. The number of pyridine rings is 1. The highest BCUT2D eigenvalue weighted by Gasteiger charge is 2.09. The van der Waals surface area contributed by atoms with E-state index in [-0.39, 0.29) is 0 Å². The summed E-state index contributed by atoms with van der Waals surface area (Å²) in [5, 5.41) is 0. The Bertz CT molecular complexity index is 2110. The molecule has 0 aliphatic carbocycles. The van der Waals surface area contributed by atoms with Crippen LogP contribution in [-0.4, -0.2) is 17.0 Å². The number of aliphatic imine (C=N–C) groups is 2. The molecule has 0 N–H and O–H groups in total. The molecule has 0 bridgehead atoms. The molecule has 0 amide bonds. The molecule has 250 valence electrons. The van der Waals surface area contributed by atoms with E-state index in [0.29, 0.717) is 11.5 Å². The van der Waals surface area contributed by atoms with Gasteiger partial charge in [0.05, 0.1) is 11.4 Å². The van der Waals surface area contributed by atoms with Gasteiger partial charge in [-0.1, -0.05) is 179 Å². The summed E-state index contributed by atoms with van der Waals surface area (Å²) in [6, 6.07) is 32.4. The van der Waals surface area contributed by atoms with Crippen molar-refractivity contribution in [3.63, 3.8) is 0 Å². The van der Waals surface area contributed by atoms with E-state index in [2.05, 4.69) is 92.5 Å². The Balaban J connectivity index is 1.64. The lowest BCUT2D eigenvalue weighted by molar-refractivity contribution is 1.29. The van der Waals surface area contributed by atoms with Crippen molar-refractivity contribution in [3.8, 4) is 11.3 Å². The summed E-state index contributed by atoms with van der Waals surface area (Å²) in [6.45, 7) is 21.8. The molecule has 0 saturated heterocycles. The maximum atomic E-state index is 4.78. The minimum atomic E-state index is 0.519. The molecule has 3 heteroatoms. The number of benzene rings is 3. The minimum Gasteiger partial charge on any atom is -0.256 e. The average molecular weight is 662 g/mol. The largest absolute Gasteiger partial charge is 0.256 e. The van der Waals surface area contributed by atoms with Gasteiger partial charge in [0.15, 0.2) is 5.84 Å². The monoisotopic (exact) mass is 661 g/mol. The SMILES string of the molecule is C=C/C=C(\C=C\C=NC(=NC(=C)C(=C)C)c1cccc(/C=C/C(=C\C=C)c2ccccc2-c2ccccn2)c1)C(/C=C/c1ccccc1)=C/C=C. The number of rotatable bonds is 15. The predicted octanol–water partition coefficient (Wildman–Crippen LogP) is 12.4. The van der Waals surface area contributed by atoms with Gasteiger partial charge in [-0.05, 0) is 70.2 Å². The molecule has 4 rings (SSSR count). The molecule has 0 aliphatic rings. The fourth-order valence-corrected chi connectivity index (χ4v) is 4.96. The summed E-state index contributed by atoms with van der Waals surface area (Å²) >= 11 is 0. The van der Waals surface area contributed by atoms with Gasteiger partial charge < -0.3 is 0 Å². The highest BCUT2D eigenvalue weighted by Crippen LogP contribution is 2.29. The number of hydrogen-bond donors (Lipinski definition) is 0. The Kier molecular flexibility index (Phi) is 14.5. The van der Waals surface area contributed by atoms with E-state index in [1.54, 1.807) is 24.4 Å². The van der Waals surface area contributed by atoms with E-state index in [1.807, 2.05) is 110 Å². The first-order chi connectivity index (χ1) is 24.9. The van der Waals surface area contributed by atoms with Gasteiger partial charge >= 0.3 is 0 Å². The van der Waals surface area contributed by atoms with E-state index in [0.717, 1.165) is 55.8 Å². The van der Waals surface area contributed by atoms with E-state index in [9.17, 15) is 0 Å². The second-order valence-corrected chi connectivity index (χ2v) is 11.3. The van der Waals surface area contributed by atoms with Crippen LogP contribution in [0.4, 0.5) is 0 Å². The van der Waals surface area contributed by atoms with Crippen LogP contribution >= 0.6 is 0 Å². The zero-order chi connectivity index (χ0) is 36.3. The first-order valence-corrected chi connectivity index (χ1v) is 16.6. The summed E-state index contributed by atoms with van der Waals surface area (Å²) in [5.41, 5.74) is 10.2. The molecule has 3 aromatic carbocycles. The van der Waals surface area contributed by atoms with E-state index in [4.69, 9.17) is 9.98 Å². The Morgan fingerprint density at radius 2 is 1.33 bits per heavy atom. The van der Waals surface area contributed by atoms with Gasteiger partial charge in [0, 0.05) is 23.5 Å². The maximum absolute atomic E-state index is 4.78. The van der Waals surface area contributed by atoms with Gasteiger partial charge in [-0.15, -0.1) is 0 Å². The van der Waals surface area contributed by atoms with Crippen molar-refractivity contribution in [2.75, 3.05) is 0 Å². The third kappa shape index (κ3) is 11.4. The molecule has 0 saturated carbocycles. The number of nitrogens with zero attached hydrogens (tertiary/aromatic N) is 3. The molecule has 0 unspecified atom stereocenters. The molecule has 0 radical (unpaired) electrons. The minimum absolute atomic E-state index is 0.519. The zero-order valence-corrected chi connectivity index (χ0v) is 29.2. The summed E-state index contributed by atoms with van der Waals surface area (Å²) in [7, 11) is 0. The van der Waals surface area contributed by atoms with Gasteiger partial charge in [0.2, 0.25) is 0 Å². The van der Waals surface area contributed by atoms with Crippen LogP contribution < -0.4 is 0 Å². The van der Waals surface area contributed by atoms with Crippen LogP contribution in [0, 0.1) is 0 Å². The van der Waals surface area contributed by atoms with E-state index in [1.165, 1.54) is 0 Å². The molecule has 51 heavy (non-hydrogen) atoms. The lowest BCUT2D eigenvalue weighted by Gasteiger charge is -2.10. The van der Waals surface area contributed by atoms with Crippen molar-refractivity contribution >= 4 is 29.8 Å². The van der Waals surface area contributed by atoms with Crippen LogP contribution in [-0.2, 0) is 0 Å². The molecular formula is C48H43N3. The zero-order valence-electron chi connectivity index (χ0n) is 29.2. The summed E-state index contributed by atoms with van der Waals surface area (Å²) in [6.07, 6.45) is 27.0. The summed E-state index contributed by atoms with van der Waals surface area (Å²) < 4.78 is 0. The fourth-order valence-electron chi connectivity index (χ4n) is 4.96. The molecule has 1 heterocycles.